The zero-order valence-corrected chi connectivity index (χ0v) is 21.4. The van der Waals surface area contributed by atoms with Gasteiger partial charge < -0.3 is 15.0 Å². The van der Waals surface area contributed by atoms with Crippen molar-refractivity contribution in [3.8, 4) is 16.3 Å². The van der Waals surface area contributed by atoms with Gasteiger partial charge in [0.2, 0.25) is 16.9 Å². The number of amides is 2. The van der Waals surface area contributed by atoms with Gasteiger partial charge in [0.15, 0.2) is 0 Å². The van der Waals surface area contributed by atoms with E-state index in [-0.39, 0.29) is 18.2 Å². The first-order chi connectivity index (χ1) is 17.1. The third-order valence-corrected chi connectivity index (χ3v) is 6.61. The molecule has 0 bridgehead atoms. The summed E-state index contributed by atoms with van der Waals surface area (Å²) in [5.41, 5.74) is 2.09. The van der Waals surface area contributed by atoms with Gasteiger partial charge in [-0.05, 0) is 42.7 Å². The molecular formula is C27H34N4O3S. The summed E-state index contributed by atoms with van der Waals surface area (Å²) in [6.07, 6.45) is 5.73. The summed E-state index contributed by atoms with van der Waals surface area (Å²) in [6.45, 7) is 3.14. The quantitative estimate of drug-likeness (QED) is 0.296. The van der Waals surface area contributed by atoms with Gasteiger partial charge in [-0.25, -0.2) is 0 Å². The summed E-state index contributed by atoms with van der Waals surface area (Å²) in [6, 6.07) is 17.6. The number of unbranched alkanes of at least 4 members (excludes halogenated alkanes) is 3. The predicted molar refractivity (Wildman–Crippen MR) is 141 cm³/mol. The highest BCUT2D eigenvalue weighted by Gasteiger charge is 2.16. The number of hydrogen-bond donors (Lipinski definition) is 1. The van der Waals surface area contributed by atoms with E-state index in [1.165, 1.54) is 16.9 Å². The van der Waals surface area contributed by atoms with Crippen molar-refractivity contribution in [3.63, 3.8) is 0 Å². The molecule has 8 heteroatoms. The highest BCUT2D eigenvalue weighted by atomic mass is 32.1. The normalized spacial score (nSPS) is 10.7. The fourth-order valence-corrected chi connectivity index (χ4v) is 4.44. The Labute approximate surface area is 211 Å². The van der Waals surface area contributed by atoms with E-state index >= 15 is 0 Å². The Morgan fingerprint density at radius 3 is 2.43 bits per heavy atom. The molecule has 0 aliphatic carbocycles. The molecule has 0 radical (unpaired) electrons. The first kappa shape index (κ1) is 26.3. The van der Waals surface area contributed by atoms with E-state index in [2.05, 4.69) is 34.6 Å². The number of benzene rings is 2. The number of hydrogen-bond acceptors (Lipinski definition) is 6. The number of nitrogens with one attached hydrogen (secondary N) is 1. The van der Waals surface area contributed by atoms with Crippen molar-refractivity contribution >= 4 is 28.3 Å². The van der Waals surface area contributed by atoms with Crippen molar-refractivity contribution in [2.45, 2.75) is 51.9 Å². The topological polar surface area (TPSA) is 84.4 Å². The fraction of sp³-hybridized carbons (Fsp3) is 0.407. The number of methoxy groups -OCH3 is 1. The van der Waals surface area contributed by atoms with Crippen LogP contribution in [0.2, 0.25) is 0 Å². The van der Waals surface area contributed by atoms with Crippen LogP contribution in [0.4, 0.5) is 5.13 Å². The molecule has 1 N–H and O–H groups in total. The molecule has 2 aromatic carbocycles. The molecule has 3 rings (SSSR count). The smallest absolute Gasteiger partial charge is 0.227 e. The van der Waals surface area contributed by atoms with Crippen LogP contribution in [0.5, 0.6) is 5.75 Å². The number of carbonyl (C=O) groups excluding carboxylic acids is 2. The second-order valence-electron chi connectivity index (χ2n) is 8.37. The van der Waals surface area contributed by atoms with Gasteiger partial charge in [-0.3, -0.25) is 9.59 Å². The number of anilines is 1. The lowest BCUT2D eigenvalue weighted by Crippen LogP contribution is -2.35. The van der Waals surface area contributed by atoms with Crippen LogP contribution in [0.15, 0.2) is 54.6 Å². The molecule has 0 aliphatic heterocycles. The number of carbonyl (C=O) groups is 2. The molecule has 35 heavy (non-hydrogen) atoms. The third kappa shape index (κ3) is 8.79. The Balaban J connectivity index is 1.53. The van der Waals surface area contributed by atoms with Crippen LogP contribution < -0.4 is 10.1 Å². The lowest BCUT2D eigenvalue weighted by Gasteiger charge is -2.22. The summed E-state index contributed by atoms with van der Waals surface area (Å²) >= 11 is 1.32. The Morgan fingerprint density at radius 2 is 1.71 bits per heavy atom. The number of rotatable bonds is 14. The van der Waals surface area contributed by atoms with Gasteiger partial charge in [0, 0.05) is 31.5 Å². The molecule has 0 saturated carbocycles. The van der Waals surface area contributed by atoms with E-state index in [1.807, 2.05) is 47.4 Å². The predicted octanol–water partition coefficient (Wildman–Crippen LogP) is 5.58. The minimum absolute atomic E-state index is 0.113. The molecule has 0 unspecified atom stereocenters. The maximum absolute atomic E-state index is 12.9. The maximum atomic E-state index is 12.9. The number of ether oxygens (including phenoxy) is 1. The van der Waals surface area contributed by atoms with Crippen molar-refractivity contribution < 1.29 is 14.3 Å². The van der Waals surface area contributed by atoms with Gasteiger partial charge in [-0.15, -0.1) is 10.2 Å². The molecule has 3 aromatic rings. The van der Waals surface area contributed by atoms with Crippen LogP contribution in [-0.2, 0) is 16.0 Å². The van der Waals surface area contributed by atoms with Gasteiger partial charge >= 0.3 is 0 Å². The maximum Gasteiger partial charge on any atom is 0.227 e. The van der Waals surface area contributed by atoms with Crippen molar-refractivity contribution in [2.24, 2.45) is 0 Å². The SMILES string of the molecule is CCCCCCC(=O)N(CCC(=O)Nc1nnc(-c2ccc(OC)cc2)s1)CCc1ccccc1. The molecular weight excluding hydrogens is 460 g/mol. The molecule has 0 fully saturated rings. The zero-order chi connectivity index (χ0) is 24.9. The lowest BCUT2D eigenvalue weighted by molar-refractivity contribution is -0.131. The average Bonchev–Trinajstić information content (AvgIpc) is 3.35. The van der Waals surface area contributed by atoms with Gasteiger partial charge in [-0.2, -0.15) is 0 Å². The van der Waals surface area contributed by atoms with Crippen LogP contribution in [0.3, 0.4) is 0 Å². The van der Waals surface area contributed by atoms with Crippen LogP contribution in [-0.4, -0.2) is 47.1 Å². The lowest BCUT2D eigenvalue weighted by atomic mass is 10.1. The summed E-state index contributed by atoms with van der Waals surface area (Å²) in [5, 5.41) is 12.3. The largest absolute Gasteiger partial charge is 0.497 e. The zero-order valence-electron chi connectivity index (χ0n) is 20.5. The van der Waals surface area contributed by atoms with E-state index in [1.54, 1.807) is 7.11 Å². The molecule has 1 aromatic heterocycles. The van der Waals surface area contributed by atoms with Crippen LogP contribution in [0.25, 0.3) is 10.6 Å². The van der Waals surface area contributed by atoms with E-state index < -0.39 is 0 Å². The average molecular weight is 495 g/mol. The Morgan fingerprint density at radius 1 is 0.943 bits per heavy atom. The molecule has 0 spiro atoms. The summed E-state index contributed by atoms with van der Waals surface area (Å²) in [5.74, 6) is 0.706. The van der Waals surface area contributed by atoms with E-state index in [4.69, 9.17) is 4.74 Å². The third-order valence-electron chi connectivity index (χ3n) is 5.73. The number of nitrogens with zero attached hydrogens (tertiary/aromatic N) is 3. The summed E-state index contributed by atoms with van der Waals surface area (Å²) in [7, 11) is 1.62. The van der Waals surface area contributed by atoms with Gasteiger partial charge in [-0.1, -0.05) is 67.9 Å². The van der Waals surface area contributed by atoms with Crippen molar-refractivity contribution in [1.29, 1.82) is 0 Å². The molecule has 2 amide bonds. The van der Waals surface area contributed by atoms with E-state index in [9.17, 15) is 9.59 Å². The first-order valence-corrected chi connectivity index (χ1v) is 13.0. The molecule has 186 valence electrons. The van der Waals surface area contributed by atoms with Crippen LogP contribution >= 0.6 is 11.3 Å². The van der Waals surface area contributed by atoms with Crippen molar-refractivity contribution in [3.05, 3.63) is 60.2 Å². The van der Waals surface area contributed by atoms with Crippen molar-refractivity contribution in [2.75, 3.05) is 25.5 Å². The molecule has 7 nitrogen and oxygen atoms in total. The first-order valence-electron chi connectivity index (χ1n) is 12.2. The molecule has 0 saturated heterocycles. The van der Waals surface area contributed by atoms with Gasteiger partial charge in [0.25, 0.3) is 0 Å². The number of aromatic nitrogens is 2. The van der Waals surface area contributed by atoms with E-state index in [0.717, 1.165) is 48.4 Å². The monoisotopic (exact) mass is 494 g/mol. The van der Waals surface area contributed by atoms with Crippen LogP contribution in [0.1, 0.15) is 51.0 Å². The second-order valence-corrected chi connectivity index (χ2v) is 9.34. The van der Waals surface area contributed by atoms with Gasteiger partial charge in [0.1, 0.15) is 10.8 Å². The highest BCUT2D eigenvalue weighted by molar-refractivity contribution is 7.18. The van der Waals surface area contributed by atoms with Crippen molar-refractivity contribution in [1.82, 2.24) is 15.1 Å². The summed E-state index contributed by atoms with van der Waals surface area (Å²) < 4.78 is 5.18. The molecule has 0 atom stereocenters. The standard InChI is InChI=1S/C27H34N4O3S/c1-3-4-5-9-12-25(33)31(19-17-21-10-7-6-8-11-21)20-18-24(32)28-27-30-29-26(35-27)22-13-15-23(34-2)16-14-22/h6-8,10-11,13-16H,3-5,9,12,17-20H2,1-2H3,(H,28,30,32). The Hall–Kier alpha value is -3.26. The molecule has 1 heterocycles. The fourth-order valence-electron chi connectivity index (χ4n) is 3.67. The Bertz CT molecular complexity index is 1050. The Kier molecular flexibility index (Phi) is 10.7. The van der Waals surface area contributed by atoms with Crippen LogP contribution in [0, 0.1) is 0 Å². The molecule has 0 aliphatic rings. The van der Waals surface area contributed by atoms with E-state index in [0.29, 0.717) is 24.6 Å². The minimum atomic E-state index is -0.175. The van der Waals surface area contributed by atoms with Gasteiger partial charge in [0.05, 0.1) is 7.11 Å². The highest BCUT2D eigenvalue weighted by Crippen LogP contribution is 2.27. The second kappa shape index (κ2) is 14.2. The minimum Gasteiger partial charge on any atom is -0.497 e. The summed E-state index contributed by atoms with van der Waals surface area (Å²) in [4.78, 5) is 27.3.